The first-order chi connectivity index (χ1) is 13.0. The summed E-state index contributed by atoms with van der Waals surface area (Å²) < 4.78 is 6.98. The van der Waals surface area contributed by atoms with Gasteiger partial charge in [0.15, 0.2) is 10.9 Å². The van der Waals surface area contributed by atoms with E-state index in [2.05, 4.69) is 15.7 Å². The Morgan fingerprint density at radius 3 is 2.70 bits per heavy atom. The predicted octanol–water partition coefficient (Wildman–Crippen LogP) is 3.66. The van der Waals surface area contributed by atoms with E-state index in [4.69, 9.17) is 17.0 Å². The van der Waals surface area contributed by atoms with Gasteiger partial charge in [-0.05, 0) is 23.8 Å². The second-order valence-corrected chi connectivity index (χ2v) is 6.01. The van der Waals surface area contributed by atoms with Gasteiger partial charge in [-0.2, -0.15) is 5.10 Å². The Morgan fingerprint density at radius 1 is 1.22 bits per heavy atom. The fourth-order valence-electron chi connectivity index (χ4n) is 2.45. The van der Waals surface area contributed by atoms with Gasteiger partial charge in [0, 0.05) is 18.3 Å². The van der Waals surface area contributed by atoms with E-state index >= 15 is 0 Å². The molecule has 0 aliphatic heterocycles. The van der Waals surface area contributed by atoms with Crippen molar-refractivity contribution >= 4 is 34.5 Å². The monoisotopic (exact) mass is 383 g/mol. The van der Waals surface area contributed by atoms with Crippen molar-refractivity contribution in [2.24, 2.45) is 0 Å². The van der Waals surface area contributed by atoms with Gasteiger partial charge < -0.3 is 15.4 Å². The minimum Gasteiger partial charge on any atom is -0.494 e. The lowest BCUT2D eigenvalue weighted by Gasteiger charge is -2.12. The lowest BCUT2D eigenvalue weighted by Crippen LogP contribution is -2.20. The molecule has 0 aliphatic rings. The molecular weight excluding hydrogens is 366 g/mol. The number of nitro groups is 1. The largest absolute Gasteiger partial charge is 0.494 e. The zero-order valence-electron chi connectivity index (χ0n) is 14.5. The maximum Gasteiger partial charge on any atom is 0.273 e. The molecule has 138 valence electrons. The number of anilines is 2. The SMILES string of the molecule is COc1cc([N+](=O)[O-])ccc1NC(=S)Nc1ccn(Cc2ccccc2)n1. The van der Waals surface area contributed by atoms with Crippen molar-refractivity contribution in [2.45, 2.75) is 6.54 Å². The predicted molar refractivity (Wildman–Crippen MR) is 107 cm³/mol. The maximum atomic E-state index is 10.9. The van der Waals surface area contributed by atoms with E-state index in [1.54, 1.807) is 10.7 Å². The fraction of sp³-hybridized carbons (Fsp3) is 0.111. The van der Waals surface area contributed by atoms with Gasteiger partial charge in [0.1, 0.15) is 5.75 Å². The normalized spacial score (nSPS) is 10.3. The van der Waals surface area contributed by atoms with Crippen molar-refractivity contribution in [3.8, 4) is 5.75 Å². The van der Waals surface area contributed by atoms with Crippen LogP contribution in [0.5, 0.6) is 5.75 Å². The lowest BCUT2D eigenvalue weighted by atomic mass is 10.2. The third kappa shape index (κ3) is 4.79. The molecule has 2 N–H and O–H groups in total. The average Bonchev–Trinajstić information content (AvgIpc) is 3.09. The molecule has 0 saturated heterocycles. The molecule has 0 aliphatic carbocycles. The molecular formula is C18H17N5O3S. The van der Waals surface area contributed by atoms with Crippen molar-refractivity contribution in [1.82, 2.24) is 9.78 Å². The fourth-order valence-corrected chi connectivity index (χ4v) is 2.67. The van der Waals surface area contributed by atoms with Crippen molar-refractivity contribution in [1.29, 1.82) is 0 Å². The molecule has 1 heterocycles. The van der Waals surface area contributed by atoms with Crippen molar-refractivity contribution in [3.05, 3.63) is 76.5 Å². The van der Waals surface area contributed by atoms with E-state index in [1.807, 2.05) is 42.6 Å². The quantitative estimate of drug-likeness (QED) is 0.381. The summed E-state index contributed by atoms with van der Waals surface area (Å²) in [5.74, 6) is 0.910. The number of ether oxygens (including phenoxy) is 1. The standard InChI is InChI=1S/C18H17N5O3S/c1-26-16-11-14(23(24)25)7-8-15(16)19-18(27)20-17-9-10-22(21-17)12-13-5-3-2-4-6-13/h2-11H,12H2,1H3,(H2,19,20,21,27). The second-order valence-electron chi connectivity index (χ2n) is 5.60. The molecule has 0 bridgehead atoms. The third-order valence-electron chi connectivity index (χ3n) is 3.71. The van der Waals surface area contributed by atoms with Crippen LogP contribution >= 0.6 is 12.2 Å². The molecule has 2 aromatic carbocycles. The van der Waals surface area contributed by atoms with E-state index in [-0.39, 0.29) is 5.69 Å². The summed E-state index contributed by atoms with van der Waals surface area (Å²) in [6.45, 7) is 0.652. The summed E-state index contributed by atoms with van der Waals surface area (Å²) in [4.78, 5) is 10.4. The molecule has 8 nitrogen and oxygen atoms in total. The van der Waals surface area contributed by atoms with Crippen LogP contribution in [0.3, 0.4) is 0 Å². The minimum atomic E-state index is -0.484. The number of methoxy groups -OCH3 is 1. The van der Waals surface area contributed by atoms with Gasteiger partial charge in [0.05, 0.1) is 30.3 Å². The van der Waals surface area contributed by atoms with Crippen LogP contribution in [0.2, 0.25) is 0 Å². The molecule has 9 heteroatoms. The van der Waals surface area contributed by atoms with Crippen molar-refractivity contribution in [2.75, 3.05) is 17.7 Å². The Labute approximate surface area is 160 Å². The molecule has 0 amide bonds. The molecule has 0 fully saturated rings. The first-order valence-electron chi connectivity index (χ1n) is 8.03. The van der Waals surface area contributed by atoms with E-state index in [0.717, 1.165) is 5.56 Å². The molecule has 3 rings (SSSR count). The molecule has 3 aromatic rings. The summed E-state index contributed by atoms with van der Waals surface area (Å²) in [6, 6.07) is 16.0. The summed E-state index contributed by atoms with van der Waals surface area (Å²) >= 11 is 5.29. The first kappa shape index (κ1) is 18.3. The highest BCUT2D eigenvalue weighted by Gasteiger charge is 2.12. The van der Waals surface area contributed by atoms with Crippen LogP contribution in [0.25, 0.3) is 0 Å². The van der Waals surface area contributed by atoms with Gasteiger partial charge in [-0.3, -0.25) is 14.8 Å². The number of thiocarbonyl (C=S) groups is 1. The molecule has 0 saturated carbocycles. The number of aromatic nitrogens is 2. The zero-order valence-corrected chi connectivity index (χ0v) is 15.3. The lowest BCUT2D eigenvalue weighted by molar-refractivity contribution is -0.384. The highest BCUT2D eigenvalue weighted by atomic mass is 32.1. The highest BCUT2D eigenvalue weighted by Crippen LogP contribution is 2.29. The summed E-state index contributed by atoms with van der Waals surface area (Å²) in [6.07, 6.45) is 1.85. The zero-order chi connectivity index (χ0) is 19.2. The van der Waals surface area contributed by atoms with E-state index in [0.29, 0.717) is 28.9 Å². The number of benzene rings is 2. The maximum absolute atomic E-state index is 10.9. The molecule has 0 unspecified atom stereocenters. The number of rotatable bonds is 6. The Morgan fingerprint density at radius 2 is 2.00 bits per heavy atom. The molecule has 1 aromatic heterocycles. The van der Waals surface area contributed by atoms with Gasteiger partial charge in [0.2, 0.25) is 0 Å². The van der Waals surface area contributed by atoms with E-state index in [1.165, 1.54) is 19.2 Å². The number of nitrogens with zero attached hydrogens (tertiary/aromatic N) is 3. The van der Waals surface area contributed by atoms with Gasteiger partial charge >= 0.3 is 0 Å². The van der Waals surface area contributed by atoms with Crippen molar-refractivity contribution < 1.29 is 9.66 Å². The second kappa shape index (κ2) is 8.28. The highest BCUT2D eigenvalue weighted by molar-refractivity contribution is 7.80. The smallest absolute Gasteiger partial charge is 0.273 e. The van der Waals surface area contributed by atoms with Crippen LogP contribution in [-0.4, -0.2) is 26.9 Å². The number of nitrogens with one attached hydrogen (secondary N) is 2. The molecule has 0 radical (unpaired) electrons. The van der Waals surface area contributed by atoms with Gasteiger partial charge in [-0.1, -0.05) is 30.3 Å². The van der Waals surface area contributed by atoms with Crippen LogP contribution in [0.1, 0.15) is 5.56 Å². The summed E-state index contributed by atoms with van der Waals surface area (Å²) in [5.41, 5.74) is 1.60. The Balaban J connectivity index is 1.64. The first-order valence-corrected chi connectivity index (χ1v) is 8.44. The van der Waals surface area contributed by atoms with Gasteiger partial charge in [0.25, 0.3) is 5.69 Å². The van der Waals surface area contributed by atoms with Crippen molar-refractivity contribution in [3.63, 3.8) is 0 Å². The van der Waals surface area contributed by atoms with Gasteiger partial charge in [-0.15, -0.1) is 0 Å². The van der Waals surface area contributed by atoms with E-state index in [9.17, 15) is 10.1 Å². The number of non-ortho nitro benzene ring substituents is 1. The Bertz CT molecular complexity index is 959. The van der Waals surface area contributed by atoms with Crippen LogP contribution in [-0.2, 0) is 6.54 Å². The molecule has 27 heavy (non-hydrogen) atoms. The number of nitro benzene ring substituents is 1. The Kier molecular flexibility index (Phi) is 5.62. The summed E-state index contributed by atoms with van der Waals surface area (Å²) in [5, 5.41) is 21.5. The topological polar surface area (TPSA) is 94.3 Å². The third-order valence-corrected chi connectivity index (χ3v) is 3.92. The van der Waals surface area contributed by atoms with E-state index < -0.39 is 4.92 Å². The summed E-state index contributed by atoms with van der Waals surface area (Å²) in [7, 11) is 1.44. The molecule has 0 spiro atoms. The van der Waals surface area contributed by atoms with Gasteiger partial charge in [-0.25, -0.2) is 0 Å². The number of hydrogen-bond acceptors (Lipinski definition) is 5. The van der Waals surface area contributed by atoms with Crippen LogP contribution in [0, 0.1) is 10.1 Å². The van der Waals surface area contributed by atoms with Crippen LogP contribution in [0.4, 0.5) is 17.2 Å². The van der Waals surface area contributed by atoms with Crippen LogP contribution in [0.15, 0.2) is 60.8 Å². The van der Waals surface area contributed by atoms with Crippen LogP contribution < -0.4 is 15.4 Å². The molecule has 0 atom stereocenters. The average molecular weight is 383 g/mol. The number of hydrogen-bond donors (Lipinski definition) is 2. The minimum absolute atomic E-state index is 0.0593. The Hall–Kier alpha value is -3.46.